The highest BCUT2D eigenvalue weighted by Crippen LogP contribution is 2.43. The van der Waals surface area contributed by atoms with Crippen LogP contribution in [-0.2, 0) is 6.42 Å². The van der Waals surface area contributed by atoms with Crippen molar-refractivity contribution in [1.82, 2.24) is 0 Å². The molecule has 0 bridgehead atoms. The number of hydrogen-bond donors (Lipinski definition) is 0. The van der Waals surface area contributed by atoms with E-state index in [0.29, 0.717) is 17.7 Å². The fraction of sp³-hybridized carbons (Fsp3) is 0.576. The van der Waals surface area contributed by atoms with E-state index in [4.69, 9.17) is 4.74 Å². The first-order valence-electron chi connectivity index (χ1n) is 14.2. The summed E-state index contributed by atoms with van der Waals surface area (Å²) in [6.07, 6.45) is 25.0. The van der Waals surface area contributed by atoms with E-state index in [2.05, 4.69) is 31.2 Å². The zero-order valence-electron chi connectivity index (χ0n) is 22.0. The molecule has 2 aliphatic rings. The lowest BCUT2D eigenvalue weighted by Gasteiger charge is -2.38. The molecule has 4 rings (SSSR count). The maximum Gasteiger partial charge on any atom is 0.172 e. The minimum atomic E-state index is -0.247. The molecule has 2 aromatic carbocycles. The van der Waals surface area contributed by atoms with Gasteiger partial charge in [0, 0.05) is 5.39 Å². The van der Waals surface area contributed by atoms with Gasteiger partial charge in [-0.3, -0.25) is 0 Å². The van der Waals surface area contributed by atoms with Crippen LogP contribution < -0.4 is 4.74 Å². The molecule has 0 amide bonds. The molecule has 0 unspecified atom stereocenters. The minimum absolute atomic E-state index is 0.247. The second-order valence-electron chi connectivity index (χ2n) is 11.1. The van der Waals surface area contributed by atoms with Crippen LogP contribution in [-0.4, -0.2) is 6.61 Å². The Morgan fingerprint density at radius 1 is 0.800 bits per heavy atom. The highest BCUT2D eigenvalue weighted by Gasteiger charge is 2.30. The molecule has 0 aliphatic heterocycles. The average molecular weight is 477 g/mol. The van der Waals surface area contributed by atoms with Gasteiger partial charge in [0.05, 0.1) is 0 Å². The van der Waals surface area contributed by atoms with Gasteiger partial charge in [-0.2, -0.15) is 0 Å². The summed E-state index contributed by atoms with van der Waals surface area (Å²) in [5, 5.41) is 1.63. The summed E-state index contributed by atoms with van der Waals surface area (Å²) in [5.74, 6) is 3.91. The van der Waals surface area contributed by atoms with Crippen molar-refractivity contribution < 1.29 is 9.13 Å². The van der Waals surface area contributed by atoms with Crippen LogP contribution in [0.1, 0.15) is 90.0 Å². The fourth-order valence-electron chi connectivity index (χ4n) is 6.59. The quantitative estimate of drug-likeness (QED) is 0.310. The van der Waals surface area contributed by atoms with Crippen molar-refractivity contribution in [2.45, 2.75) is 90.9 Å². The minimum Gasteiger partial charge on any atom is -0.486 e. The van der Waals surface area contributed by atoms with E-state index in [1.807, 2.05) is 31.2 Å². The molecule has 0 aromatic heterocycles. The molecular weight excluding hydrogens is 431 g/mol. The fourth-order valence-corrected chi connectivity index (χ4v) is 6.59. The molecule has 2 fully saturated rings. The van der Waals surface area contributed by atoms with Crippen LogP contribution >= 0.6 is 0 Å². The van der Waals surface area contributed by atoms with Crippen molar-refractivity contribution in [2.24, 2.45) is 23.7 Å². The van der Waals surface area contributed by atoms with Gasteiger partial charge in [-0.15, -0.1) is 0 Å². The number of allylic oxidation sites excluding steroid dienone is 3. The molecule has 190 valence electrons. The standard InChI is InChI=1S/C33H45FO/c1-3-5-7-8-25-11-16-28(17-12-25)29-18-13-26(14-19-29)9-10-27-15-21-31-30(24-27)20-22-32(33(31)34)35-23-6-4-2/h3-6,15,20-22,24-26,28-29H,7-14,16-19,23H2,1-2H3/b5-3+,6-4?. The van der Waals surface area contributed by atoms with Crippen LogP contribution in [0.5, 0.6) is 5.75 Å². The Morgan fingerprint density at radius 3 is 2.11 bits per heavy atom. The molecule has 1 nitrogen and oxygen atoms in total. The first-order valence-corrected chi connectivity index (χ1v) is 14.2. The number of aryl methyl sites for hydroxylation is 1. The van der Waals surface area contributed by atoms with E-state index in [1.54, 1.807) is 6.07 Å². The zero-order valence-corrected chi connectivity index (χ0v) is 22.0. The molecule has 2 saturated carbocycles. The maximum atomic E-state index is 14.8. The first kappa shape index (κ1) is 26.0. The second kappa shape index (κ2) is 13.3. The van der Waals surface area contributed by atoms with E-state index >= 15 is 0 Å². The largest absolute Gasteiger partial charge is 0.486 e. The third-order valence-corrected chi connectivity index (χ3v) is 8.82. The van der Waals surface area contributed by atoms with Gasteiger partial charge in [-0.05, 0) is 106 Å². The van der Waals surface area contributed by atoms with E-state index in [9.17, 15) is 4.39 Å². The lowest BCUT2D eigenvalue weighted by Crippen LogP contribution is -2.26. The third kappa shape index (κ3) is 7.21. The summed E-state index contributed by atoms with van der Waals surface area (Å²) in [5.41, 5.74) is 1.33. The number of rotatable bonds is 10. The Hall–Kier alpha value is -2.09. The summed E-state index contributed by atoms with van der Waals surface area (Å²) in [6, 6.07) is 9.99. The summed E-state index contributed by atoms with van der Waals surface area (Å²) in [4.78, 5) is 0. The molecule has 0 radical (unpaired) electrons. The highest BCUT2D eigenvalue weighted by molar-refractivity contribution is 5.85. The van der Waals surface area contributed by atoms with Crippen molar-refractivity contribution in [2.75, 3.05) is 6.61 Å². The average Bonchev–Trinajstić information content (AvgIpc) is 2.90. The van der Waals surface area contributed by atoms with Crippen LogP contribution in [0, 0.1) is 29.5 Å². The van der Waals surface area contributed by atoms with E-state index in [0.717, 1.165) is 35.5 Å². The molecule has 35 heavy (non-hydrogen) atoms. The van der Waals surface area contributed by atoms with Crippen LogP contribution in [0.25, 0.3) is 10.8 Å². The SMILES string of the molecule is CC=CCOc1ccc2cc(CCC3CCC(C4CCC(CC/C=C/C)CC4)CC3)ccc2c1F. The van der Waals surface area contributed by atoms with Gasteiger partial charge < -0.3 is 4.74 Å². The summed E-state index contributed by atoms with van der Waals surface area (Å²) < 4.78 is 20.4. The van der Waals surface area contributed by atoms with Gasteiger partial charge in [0.15, 0.2) is 11.6 Å². The van der Waals surface area contributed by atoms with Gasteiger partial charge in [-0.25, -0.2) is 4.39 Å². The smallest absolute Gasteiger partial charge is 0.172 e. The number of fused-ring (bicyclic) bond motifs is 1. The van der Waals surface area contributed by atoms with Gasteiger partial charge >= 0.3 is 0 Å². The Morgan fingerprint density at radius 2 is 1.46 bits per heavy atom. The molecule has 0 saturated heterocycles. The van der Waals surface area contributed by atoms with E-state index < -0.39 is 0 Å². The van der Waals surface area contributed by atoms with Crippen molar-refractivity contribution >= 4 is 10.8 Å². The van der Waals surface area contributed by atoms with Crippen molar-refractivity contribution in [3.63, 3.8) is 0 Å². The highest BCUT2D eigenvalue weighted by atomic mass is 19.1. The van der Waals surface area contributed by atoms with Gasteiger partial charge in [0.25, 0.3) is 0 Å². The Kier molecular flexibility index (Phi) is 9.86. The lowest BCUT2D eigenvalue weighted by atomic mass is 9.68. The van der Waals surface area contributed by atoms with E-state index in [-0.39, 0.29) is 5.82 Å². The molecule has 2 aromatic rings. The topological polar surface area (TPSA) is 9.23 Å². The van der Waals surface area contributed by atoms with Gasteiger partial charge in [-0.1, -0.05) is 74.3 Å². The van der Waals surface area contributed by atoms with Crippen LogP contribution in [0.4, 0.5) is 4.39 Å². The Bertz CT molecular complexity index is 974. The van der Waals surface area contributed by atoms with Crippen LogP contribution in [0.15, 0.2) is 54.6 Å². The molecular formula is C33H45FO. The molecule has 0 heterocycles. The van der Waals surface area contributed by atoms with Crippen molar-refractivity contribution in [3.05, 3.63) is 66.0 Å². The van der Waals surface area contributed by atoms with Crippen molar-refractivity contribution in [1.29, 1.82) is 0 Å². The number of halogens is 1. The summed E-state index contributed by atoms with van der Waals surface area (Å²) >= 11 is 0. The number of ether oxygens (including phenoxy) is 1. The van der Waals surface area contributed by atoms with Crippen LogP contribution in [0.2, 0.25) is 0 Å². The normalized spacial score (nSPS) is 25.6. The van der Waals surface area contributed by atoms with Crippen molar-refractivity contribution in [3.8, 4) is 5.75 Å². The molecule has 2 heteroatoms. The van der Waals surface area contributed by atoms with E-state index in [1.165, 1.54) is 76.2 Å². The van der Waals surface area contributed by atoms with Crippen LogP contribution in [0.3, 0.4) is 0 Å². The number of hydrogen-bond acceptors (Lipinski definition) is 1. The first-order chi connectivity index (χ1) is 17.2. The monoisotopic (exact) mass is 476 g/mol. The predicted molar refractivity (Wildman–Crippen MR) is 147 cm³/mol. The predicted octanol–water partition coefficient (Wildman–Crippen LogP) is 9.84. The zero-order chi connectivity index (χ0) is 24.5. The second-order valence-corrected chi connectivity index (χ2v) is 11.1. The third-order valence-electron chi connectivity index (χ3n) is 8.82. The summed E-state index contributed by atoms with van der Waals surface area (Å²) in [7, 11) is 0. The lowest BCUT2D eigenvalue weighted by molar-refractivity contribution is 0.141. The molecule has 0 spiro atoms. The Balaban J connectivity index is 1.21. The van der Waals surface area contributed by atoms with Gasteiger partial charge in [0.1, 0.15) is 6.61 Å². The molecule has 0 atom stereocenters. The molecule has 2 aliphatic carbocycles. The summed E-state index contributed by atoms with van der Waals surface area (Å²) in [6.45, 7) is 4.47. The maximum absolute atomic E-state index is 14.8. The molecule has 0 N–H and O–H groups in total. The Labute approximate surface area is 212 Å². The van der Waals surface area contributed by atoms with Gasteiger partial charge in [0.2, 0.25) is 0 Å². The number of benzene rings is 2.